The van der Waals surface area contributed by atoms with Crippen LogP contribution in [-0.4, -0.2) is 50.7 Å². The van der Waals surface area contributed by atoms with Crippen LogP contribution in [0.3, 0.4) is 0 Å². The van der Waals surface area contributed by atoms with Gasteiger partial charge in [0.1, 0.15) is 11.5 Å². The number of benzene rings is 1. The number of ether oxygens (including phenoxy) is 2. The summed E-state index contributed by atoms with van der Waals surface area (Å²) >= 11 is 0. The Kier molecular flexibility index (Phi) is 7.18. The number of hydrogen-bond donors (Lipinski definition) is 1. The van der Waals surface area contributed by atoms with E-state index in [1.54, 1.807) is 13.2 Å². The first kappa shape index (κ1) is 16.6. The lowest BCUT2D eigenvalue weighted by atomic mass is 10.3. The summed E-state index contributed by atoms with van der Waals surface area (Å²) in [5.74, 6) is 1.41. The fourth-order valence-corrected chi connectivity index (χ4v) is 2.02. The Morgan fingerprint density at radius 3 is 2.90 bits per heavy atom. The molecule has 1 aromatic rings. The minimum absolute atomic E-state index is 0. The van der Waals surface area contributed by atoms with E-state index in [0.717, 1.165) is 38.3 Å². The van der Waals surface area contributed by atoms with Gasteiger partial charge in [-0.25, -0.2) is 0 Å². The minimum atomic E-state index is 0. The molecule has 0 atom stereocenters. The normalized spacial score (nSPS) is 14.9. The molecule has 1 heterocycles. The molecule has 0 saturated carbocycles. The average Bonchev–Trinajstić information content (AvgIpc) is 2.74. The van der Waals surface area contributed by atoms with Gasteiger partial charge >= 0.3 is 0 Å². The zero-order valence-corrected chi connectivity index (χ0v) is 12.4. The van der Waals surface area contributed by atoms with Crippen LogP contribution in [-0.2, 0) is 4.79 Å². The first-order chi connectivity index (χ1) is 9.29. The Hall–Kier alpha value is -1.46. The maximum atomic E-state index is 12.0. The molecule has 0 spiro atoms. The maximum absolute atomic E-state index is 12.0. The number of methoxy groups -OCH3 is 1. The fraction of sp³-hybridized carbons (Fsp3) is 0.500. The summed E-state index contributed by atoms with van der Waals surface area (Å²) < 4.78 is 10.6. The number of carbonyl (C=O) groups excluding carboxylic acids is 1. The summed E-state index contributed by atoms with van der Waals surface area (Å²) in [6.45, 7) is 3.45. The summed E-state index contributed by atoms with van der Waals surface area (Å²) in [4.78, 5) is 13.9. The van der Waals surface area contributed by atoms with E-state index in [4.69, 9.17) is 9.47 Å². The molecule has 1 saturated heterocycles. The Labute approximate surface area is 125 Å². The van der Waals surface area contributed by atoms with Gasteiger partial charge in [-0.2, -0.15) is 0 Å². The van der Waals surface area contributed by atoms with Gasteiger partial charge in [-0.3, -0.25) is 4.79 Å². The van der Waals surface area contributed by atoms with E-state index in [-0.39, 0.29) is 24.9 Å². The Bertz CT molecular complexity index is 421. The lowest BCUT2D eigenvalue weighted by Crippen LogP contribution is -2.37. The molecule has 0 aromatic heterocycles. The van der Waals surface area contributed by atoms with E-state index in [9.17, 15) is 4.79 Å². The van der Waals surface area contributed by atoms with Crippen LogP contribution in [0.5, 0.6) is 11.5 Å². The molecule has 0 unspecified atom stereocenters. The van der Waals surface area contributed by atoms with Crippen molar-refractivity contribution in [2.24, 2.45) is 0 Å². The second kappa shape index (κ2) is 8.66. The standard InChI is InChI=1S/C14H20N2O3.ClH/c1-18-12-4-2-5-13(10-12)19-11-14(17)16-8-3-6-15-7-9-16;/h2,4-5,10,15H,3,6-9,11H2,1H3;1H. The van der Waals surface area contributed by atoms with Gasteiger partial charge in [0.2, 0.25) is 0 Å². The molecule has 1 N–H and O–H groups in total. The predicted molar refractivity (Wildman–Crippen MR) is 79.8 cm³/mol. The Morgan fingerprint density at radius 2 is 2.10 bits per heavy atom. The van der Waals surface area contributed by atoms with Gasteiger partial charge in [-0.1, -0.05) is 6.07 Å². The first-order valence-corrected chi connectivity index (χ1v) is 6.55. The van der Waals surface area contributed by atoms with E-state index >= 15 is 0 Å². The molecule has 5 nitrogen and oxygen atoms in total. The van der Waals surface area contributed by atoms with Crippen LogP contribution in [0.2, 0.25) is 0 Å². The van der Waals surface area contributed by atoms with Gasteiger partial charge in [-0.05, 0) is 25.1 Å². The molecule has 2 rings (SSSR count). The summed E-state index contributed by atoms with van der Waals surface area (Å²) in [6.07, 6.45) is 0.991. The highest BCUT2D eigenvalue weighted by Gasteiger charge is 2.15. The van der Waals surface area contributed by atoms with Gasteiger partial charge in [0.15, 0.2) is 6.61 Å². The third-order valence-corrected chi connectivity index (χ3v) is 3.10. The fourth-order valence-electron chi connectivity index (χ4n) is 2.02. The van der Waals surface area contributed by atoms with E-state index in [2.05, 4.69) is 5.32 Å². The van der Waals surface area contributed by atoms with Crippen molar-refractivity contribution in [3.8, 4) is 11.5 Å². The van der Waals surface area contributed by atoms with Crippen LogP contribution in [0.15, 0.2) is 24.3 Å². The van der Waals surface area contributed by atoms with Crippen LogP contribution >= 0.6 is 12.4 Å². The number of halogens is 1. The van der Waals surface area contributed by atoms with Gasteiger partial charge < -0.3 is 19.7 Å². The number of rotatable bonds is 4. The highest BCUT2D eigenvalue weighted by atomic mass is 35.5. The zero-order chi connectivity index (χ0) is 13.5. The van der Waals surface area contributed by atoms with Crippen LogP contribution in [0.1, 0.15) is 6.42 Å². The molecule has 112 valence electrons. The Balaban J connectivity index is 0.00000200. The molecule has 1 amide bonds. The monoisotopic (exact) mass is 300 g/mol. The third-order valence-electron chi connectivity index (χ3n) is 3.10. The van der Waals surface area contributed by atoms with Crippen molar-refractivity contribution in [2.75, 3.05) is 39.9 Å². The maximum Gasteiger partial charge on any atom is 0.260 e. The van der Waals surface area contributed by atoms with Crippen molar-refractivity contribution in [1.82, 2.24) is 10.2 Å². The van der Waals surface area contributed by atoms with Crippen molar-refractivity contribution >= 4 is 18.3 Å². The number of amides is 1. The molecule has 1 aliphatic rings. The van der Waals surface area contributed by atoms with Crippen molar-refractivity contribution in [3.63, 3.8) is 0 Å². The molecular formula is C14H21ClN2O3. The highest BCUT2D eigenvalue weighted by molar-refractivity contribution is 5.85. The van der Waals surface area contributed by atoms with E-state index < -0.39 is 0 Å². The first-order valence-electron chi connectivity index (χ1n) is 6.55. The summed E-state index contributed by atoms with van der Waals surface area (Å²) in [6, 6.07) is 7.28. The number of nitrogens with one attached hydrogen (secondary N) is 1. The molecule has 1 aliphatic heterocycles. The quantitative estimate of drug-likeness (QED) is 0.911. The van der Waals surface area contributed by atoms with Crippen LogP contribution in [0, 0.1) is 0 Å². The topological polar surface area (TPSA) is 50.8 Å². The predicted octanol–water partition coefficient (Wildman–Crippen LogP) is 1.32. The summed E-state index contributed by atoms with van der Waals surface area (Å²) in [5, 5.41) is 3.27. The zero-order valence-electron chi connectivity index (χ0n) is 11.6. The second-order valence-electron chi connectivity index (χ2n) is 4.45. The number of nitrogens with zero attached hydrogens (tertiary/aromatic N) is 1. The molecule has 1 aromatic carbocycles. The lowest BCUT2D eigenvalue weighted by Gasteiger charge is -2.20. The van der Waals surface area contributed by atoms with Gasteiger partial charge in [0.05, 0.1) is 7.11 Å². The van der Waals surface area contributed by atoms with Gasteiger partial charge in [0, 0.05) is 25.7 Å². The number of hydrogen-bond acceptors (Lipinski definition) is 4. The van der Waals surface area contributed by atoms with Crippen LogP contribution in [0.4, 0.5) is 0 Å². The van der Waals surface area contributed by atoms with E-state index in [1.165, 1.54) is 0 Å². The van der Waals surface area contributed by atoms with Crippen LogP contribution in [0.25, 0.3) is 0 Å². The molecular weight excluding hydrogens is 280 g/mol. The Morgan fingerprint density at radius 1 is 1.30 bits per heavy atom. The third kappa shape index (κ3) is 4.90. The molecule has 1 fully saturated rings. The molecule has 0 aliphatic carbocycles. The molecule has 20 heavy (non-hydrogen) atoms. The van der Waals surface area contributed by atoms with E-state index in [0.29, 0.717) is 5.75 Å². The van der Waals surface area contributed by atoms with E-state index in [1.807, 2.05) is 23.1 Å². The van der Waals surface area contributed by atoms with Crippen molar-refractivity contribution in [3.05, 3.63) is 24.3 Å². The molecule has 6 heteroatoms. The minimum Gasteiger partial charge on any atom is -0.497 e. The van der Waals surface area contributed by atoms with Gasteiger partial charge in [-0.15, -0.1) is 12.4 Å². The average molecular weight is 301 g/mol. The number of carbonyl (C=O) groups is 1. The van der Waals surface area contributed by atoms with Crippen molar-refractivity contribution in [1.29, 1.82) is 0 Å². The summed E-state index contributed by atoms with van der Waals surface area (Å²) in [5.41, 5.74) is 0. The SMILES string of the molecule is COc1cccc(OCC(=O)N2CCCNCC2)c1.Cl. The van der Waals surface area contributed by atoms with Crippen molar-refractivity contribution in [2.45, 2.75) is 6.42 Å². The smallest absolute Gasteiger partial charge is 0.260 e. The molecule has 0 bridgehead atoms. The largest absolute Gasteiger partial charge is 0.497 e. The second-order valence-corrected chi connectivity index (χ2v) is 4.45. The lowest BCUT2D eigenvalue weighted by molar-refractivity contribution is -0.133. The highest BCUT2D eigenvalue weighted by Crippen LogP contribution is 2.18. The summed E-state index contributed by atoms with van der Waals surface area (Å²) in [7, 11) is 1.61. The van der Waals surface area contributed by atoms with Crippen LogP contribution < -0.4 is 14.8 Å². The van der Waals surface area contributed by atoms with Gasteiger partial charge in [0.25, 0.3) is 5.91 Å². The van der Waals surface area contributed by atoms with Crippen molar-refractivity contribution < 1.29 is 14.3 Å². The molecule has 0 radical (unpaired) electrons.